The van der Waals surface area contributed by atoms with Crippen LogP contribution in [0, 0.1) is 0 Å². The van der Waals surface area contributed by atoms with Crippen LogP contribution >= 0.6 is 22.9 Å². The molecule has 20 heavy (non-hydrogen) atoms. The van der Waals surface area contributed by atoms with Gasteiger partial charge in [0.1, 0.15) is 5.75 Å². The summed E-state index contributed by atoms with van der Waals surface area (Å²) in [7, 11) is 0. The molecule has 2 N–H and O–H groups in total. The van der Waals surface area contributed by atoms with Crippen molar-refractivity contribution in [3.63, 3.8) is 0 Å². The van der Waals surface area contributed by atoms with E-state index in [4.69, 9.17) is 22.1 Å². The molecule has 0 bridgehead atoms. The van der Waals surface area contributed by atoms with Crippen LogP contribution in [-0.4, -0.2) is 6.61 Å². The van der Waals surface area contributed by atoms with Gasteiger partial charge < -0.3 is 10.5 Å². The summed E-state index contributed by atoms with van der Waals surface area (Å²) in [6.07, 6.45) is 4.61. The number of benzene rings is 1. The number of thiophene rings is 1. The lowest BCUT2D eigenvalue weighted by atomic mass is 10.0. The van der Waals surface area contributed by atoms with E-state index in [0.29, 0.717) is 0 Å². The molecule has 2 nitrogen and oxygen atoms in total. The van der Waals surface area contributed by atoms with Crippen molar-refractivity contribution in [2.75, 3.05) is 6.61 Å². The summed E-state index contributed by atoms with van der Waals surface area (Å²) in [6, 6.07) is 6.10. The number of halogens is 1. The van der Waals surface area contributed by atoms with Crippen LogP contribution in [-0.2, 0) is 19.3 Å². The molecule has 0 amide bonds. The Labute approximate surface area is 127 Å². The highest BCUT2D eigenvalue weighted by atomic mass is 35.5. The van der Waals surface area contributed by atoms with Gasteiger partial charge in [-0.3, -0.25) is 0 Å². The van der Waals surface area contributed by atoms with Crippen LogP contribution in [0.25, 0.3) is 0 Å². The molecule has 0 saturated carbocycles. The molecule has 2 aliphatic rings. The zero-order chi connectivity index (χ0) is 13.7. The minimum absolute atomic E-state index is 0.129. The van der Waals surface area contributed by atoms with E-state index in [1.54, 1.807) is 0 Å². The van der Waals surface area contributed by atoms with E-state index in [1.807, 2.05) is 23.5 Å². The van der Waals surface area contributed by atoms with Gasteiger partial charge in [-0.15, -0.1) is 11.3 Å². The third-order valence-corrected chi connectivity index (χ3v) is 5.72. The summed E-state index contributed by atoms with van der Waals surface area (Å²) in [6.45, 7) is 0.732. The Balaban J connectivity index is 1.76. The maximum atomic E-state index is 6.49. The number of aryl methyl sites for hydroxylation is 2. The van der Waals surface area contributed by atoms with Crippen LogP contribution in [0.4, 0.5) is 0 Å². The van der Waals surface area contributed by atoms with Gasteiger partial charge >= 0.3 is 0 Å². The van der Waals surface area contributed by atoms with Crippen LogP contribution in [0.15, 0.2) is 18.2 Å². The van der Waals surface area contributed by atoms with Gasteiger partial charge in [0.2, 0.25) is 0 Å². The van der Waals surface area contributed by atoms with Gasteiger partial charge in [-0.1, -0.05) is 11.6 Å². The average Bonchev–Trinajstić information content (AvgIpc) is 3.10. The van der Waals surface area contributed by atoms with E-state index < -0.39 is 0 Å². The molecule has 104 valence electrons. The summed E-state index contributed by atoms with van der Waals surface area (Å²) in [5, 5.41) is 0.754. The van der Waals surface area contributed by atoms with Gasteiger partial charge in [-0.25, -0.2) is 0 Å². The number of hydrogen-bond acceptors (Lipinski definition) is 3. The van der Waals surface area contributed by atoms with E-state index in [2.05, 4.69) is 6.07 Å². The molecular weight excluding hydrogens is 290 g/mol. The lowest BCUT2D eigenvalue weighted by molar-refractivity contribution is 0.352. The monoisotopic (exact) mass is 305 g/mol. The maximum absolute atomic E-state index is 6.49. The molecule has 0 fully saturated rings. The molecule has 1 atom stereocenters. The van der Waals surface area contributed by atoms with Crippen molar-refractivity contribution in [2.24, 2.45) is 5.73 Å². The van der Waals surface area contributed by atoms with Gasteiger partial charge in [0.25, 0.3) is 0 Å². The quantitative estimate of drug-likeness (QED) is 0.914. The predicted molar refractivity (Wildman–Crippen MR) is 83.0 cm³/mol. The third kappa shape index (κ3) is 1.96. The predicted octanol–water partition coefficient (Wildman–Crippen LogP) is 3.87. The zero-order valence-corrected chi connectivity index (χ0v) is 12.7. The van der Waals surface area contributed by atoms with Crippen molar-refractivity contribution in [1.82, 2.24) is 0 Å². The standard InChI is InChI=1S/C16H16ClNOS/c17-11-6-10-4-5-19-16(10)12(8-11)15(18)14-7-9-2-1-3-13(9)20-14/h6-8,15H,1-5,18H2. The molecule has 1 aliphatic carbocycles. The molecular formula is C16H16ClNOS. The van der Waals surface area contributed by atoms with Gasteiger partial charge in [0.05, 0.1) is 12.6 Å². The van der Waals surface area contributed by atoms with Crippen LogP contribution in [0.5, 0.6) is 5.75 Å². The molecule has 4 heteroatoms. The van der Waals surface area contributed by atoms with E-state index in [9.17, 15) is 0 Å². The minimum Gasteiger partial charge on any atom is -0.493 e. The number of ether oxygens (including phenoxy) is 1. The molecule has 2 heterocycles. The highest BCUT2D eigenvalue weighted by molar-refractivity contribution is 7.12. The first-order valence-electron chi connectivity index (χ1n) is 7.04. The first-order valence-corrected chi connectivity index (χ1v) is 8.24. The van der Waals surface area contributed by atoms with Gasteiger partial charge in [0.15, 0.2) is 0 Å². The second kappa shape index (κ2) is 4.76. The van der Waals surface area contributed by atoms with Gasteiger partial charge in [-0.2, -0.15) is 0 Å². The Morgan fingerprint density at radius 3 is 2.90 bits per heavy atom. The molecule has 4 rings (SSSR count). The van der Waals surface area contributed by atoms with Crippen molar-refractivity contribution in [1.29, 1.82) is 0 Å². The Morgan fingerprint density at radius 2 is 2.05 bits per heavy atom. The van der Waals surface area contributed by atoms with E-state index >= 15 is 0 Å². The summed E-state index contributed by atoms with van der Waals surface area (Å²) in [5.74, 6) is 0.954. The fraction of sp³-hybridized carbons (Fsp3) is 0.375. The van der Waals surface area contributed by atoms with Gasteiger partial charge in [0, 0.05) is 26.8 Å². The molecule has 1 aromatic heterocycles. The number of nitrogens with two attached hydrogens (primary N) is 1. The second-order valence-electron chi connectivity index (χ2n) is 5.51. The lowest BCUT2D eigenvalue weighted by Crippen LogP contribution is -2.11. The summed E-state index contributed by atoms with van der Waals surface area (Å²) in [5.41, 5.74) is 10.2. The lowest BCUT2D eigenvalue weighted by Gasteiger charge is -2.15. The molecule has 1 aliphatic heterocycles. The normalized spacial score (nSPS) is 17.7. The Bertz CT molecular complexity index is 658. The van der Waals surface area contributed by atoms with E-state index in [0.717, 1.165) is 29.4 Å². The van der Waals surface area contributed by atoms with Crippen molar-refractivity contribution < 1.29 is 4.74 Å². The smallest absolute Gasteiger partial charge is 0.127 e. The number of fused-ring (bicyclic) bond motifs is 2. The molecule has 0 radical (unpaired) electrons. The third-order valence-electron chi connectivity index (χ3n) is 4.18. The van der Waals surface area contributed by atoms with Crippen LogP contribution in [0.2, 0.25) is 5.02 Å². The molecule has 1 unspecified atom stereocenters. The van der Waals surface area contributed by atoms with E-state index in [-0.39, 0.29) is 6.04 Å². The molecule has 0 saturated heterocycles. The topological polar surface area (TPSA) is 35.2 Å². The SMILES string of the molecule is NC(c1cc2c(s1)CCC2)c1cc(Cl)cc2c1OCC2. The number of hydrogen-bond donors (Lipinski definition) is 1. The van der Waals surface area contributed by atoms with Crippen LogP contribution < -0.4 is 10.5 Å². The second-order valence-corrected chi connectivity index (χ2v) is 7.11. The fourth-order valence-corrected chi connectivity index (χ4v) is 4.71. The molecule has 1 aromatic carbocycles. The zero-order valence-electron chi connectivity index (χ0n) is 11.1. The summed E-state index contributed by atoms with van der Waals surface area (Å²) >= 11 is 8.08. The van der Waals surface area contributed by atoms with Crippen molar-refractivity contribution in [3.8, 4) is 5.75 Å². The van der Waals surface area contributed by atoms with E-state index in [1.165, 1.54) is 40.1 Å². The molecule has 2 aromatic rings. The Kier molecular flexibility index (Phi) is 3.02. The van der Waals surface area contributed by atoms with Crippen molar-refractivity contribution in [2.45, 2.75) is 31.7 Å². The van der Waals surface area contributed by atoms with Crippen molar-refractivity contribution in [3.05, 3.63) is 49.7 Å². The first-order chi connectivity index (χ1) is 9.72. The van der Waals surface area contributed by atoms with Crippen LogP contribution in [0.3, 0.4) is 0 Å². The molecule has 0 spiro atoms. The number of rotatable bonds is 2. The largest absolute Gasteiger partial charge is 0.493 e. The van der Waals surface area contributed by atoms with Crippen LogP contribution in [0.1, 0.15) is 38.9 Å². The summed E-state index contributed by atoms with van der Waals surface area (Å²) < 4.78 is 5.77. The maximum Gasteiger partial charge on any atom is 0.127 e. The Hall–Kier alpha value is -1.03. The first kappa shape index (κ1) is 12.7. The Morgan fingerprint density at radius 1 is 1.15 bits per heavy atom. The average molecular weight is 306 g/mol. The summed E-state index contributed by atoms with van der Waals surface area (Å²) in [4.78, 5) is 2.74. The van der Waals surface area contributed by atoms with Gasteiger partial charge in [-0.05, 0) is 48.6 Å². The fourth-order valence-electron chi connectivity index (χ4n) is 3.19. The highest BCUT2D eigenvalue weighted by Crippen LogP contribution is 2.41. The van der Waals surface area contributed by atoms with Crippen molar-refractivity contribution >= 4 is 22.9 Å². The minimum atomic E-state index is -0.129. The highest BCUT2D eigenvalue weighted by Gasteiger charge is 2.25.